The highest BCUT2D eigenvalue weighted by molar-refractivity contribution is 7.46. The van der Waals surface area contributed by atoms with Crippen molar-refractivity contribution in [3.63, 3.8) is 0 Å². The van der Waals surface area contributed by atoms with Gasteiger partial charge in [0.25, 0.3) is 0 Å². The first-order valence-corrected chi connectivity index (χ1v) is 21.8. The molecule has 9 nitrogen and oxygen atoms in total. The van der Waals surface area contributed by atoms with Gasteiger partial charge in [0.1, 0.15) is 6.61 Å². The van der Waals surface area contributed by atoms with E-state index in [0.717, 1.165) is 64.2 Å². The number of carbonyl (C=O) groups excluding carboxylic acids is 2. The summed E-state index contributed by atoms with van der Waals surface area (Å²) in [5.74, 6) is -1.07. The van der Waals surface area contributed by atoms with Gasteiger partial charge in [-0.05, 0) is 89.9 Å². The Bertz CT molecular complexity index is 1320. The fourth-order valence-electron chi connectivity index (χ4n) is 5.08. The van der Waals surface area contributed by atoms with E-state index in [1.54, 1.807) is 0 Å². The second-order valence-electron chi connectivity index (χ2n) is 13.3. The Hall–Kier alpha value is -3.33. The summed E-state index contributed by atoms with van der Waals surface area (Å²) in [6, 6.07) is 0. The Morgan fingerprint density at radius 3 is 1.56 bits per heavy atom. The summed E-state index contributed by atoms with van der Waals surface area (Å²) in [4.78, 5) is 42.8. The van der Waals surface area contributed by atoms with E-state index in [1.165, 1.54) is 19.3 Å². The molecule has 308 valence electrons. The molecule has 55 heavy (non-hydrogen) atoms. The van der Waals surface area contributed by atoms with Crippen LogP contribution in [0.1, 0.15) is 129 Å². The van der Waals surface area contributed by atoms with E-state index < -0.39 is 32.5 Å². The SMILES string of the molecule is CC/C=C\CC1OC1C/C=C\C/C=C\C/C=C\C/C=C\CCC(=O)OC[C@H](COP(=O)(O)O)OC(=O)CCC/C=C\C/C=C\C/C=C\C/C=C\CCCCC. The molecule has 0 saturated carbocycles. The standard InChI is InChI=1S/C45H69O9P/c1-3-5-7-8-9-10-11-12-13-14-15-16-21-24-27-30-34-38-45(47)53-41(40-52-55(48,49)50)39-51-44(46)37-33-29-26-23-20-18-17-19-22-25-28-32-36-43-42(54-43)35-31-6-4-2/h6,9-10,12-13,15-16,18-20,22,24,26-29,31-32,41-43H,3-5,7-8,11,14,17,21,23,25,30,33-40H2,1-2H3,(H2,48,49,50)/b10-9-,13-12-,16-15-,20-18-,22-19-,27-24-,29-26-,31-6-,32-28-/t41-,42?,43?/m1/s1. The van der Waals surface area contributed by atoms with Gasteiger partial charge in [-0.25, -0.2) is 4.57 Å². The van der Waals surface area contributed by atoms with Gasteiger partial charge in [0.05, 0.1) is 18.8 Å². The average Bonchev–Trinajstić information content (AvgIpc) is 3.91. The van der Waals surface area contributed by atoms with Crippen LogP contribution in [0.25, 0.3) is 0 Å². The maximum atomic E-state index is 12.4. The number of hydrogen-bond acceptors (Lipinski definition) is 7. The lowest BCUT2D eigenvalue weighted by molar-refractivity contribution is -0.161. The van der Waals surface area contributed by atoms with Crippen molar-refractivity contribution in [2.45, 2.75) is 148 Å². The van der Waals surface area contributed by atoms with E-state index in [2.05, 4.69) is 103 Å². The largest absolute Gasteiger partial charge is 0.469 e. The van der Waals surface area contributed by atoms with Crippen LogP contribution in [0.5, 0.6) is 0 Å². The molecular formula is C45H69O9P. The lowest BCUT2D eigenvalue weighted by Gasteiger charge is -2.18. The van der Waals surface area contributed by atoms with Crippen molar-refractivity contribution in [1.29, 1.82) is 0 Å². The van der Waals surface area contributed by atoms with Crippen LogP contribution in [0, 0.1) is 0 Å². The zero-order valence-electron chi connectivity index (χ0n) is 33.5. The van der Waals surface area contributed by atoms with Gasteiger partial charge in [-0.3, -0.25) is 14.1 Å². The fraction of sp³-hybridized carbons (Fsp3) is 0.556. The van der Waals surface area contributed by atoms with Gasteiger partial charge in [-0.1, -0.05) is 136 Å². The van der Waals surface area contributed by atoms with E-state index in [0.29, 0.717) is 31.5 Å². The van der Waals surface area contributed by atoms with Crippen LogP contribution in [0.4, 0.5) is 0 Å². The van der Waals surface area contributed by atoms with E-state index in [9.17, 15) is 14.2 Å². The van der Waals surface area contributed by atoms with Gasteiger partial charge in [0.15, 0.2) is 6.10 Å². The van der Waals surface area contributed by atoms with Gasteiger partial charge < -0.3 is 24.0 Å². The van der Waals surface area contributed by atoms with Crippen LogP contribution in [-0.4, -0.2) is 53.3 Å². The second kappa shape index (κ2) is 35.1. The van der Waals surface area contributed by atoms with Gasteiger partial charge in [0, 0.05) is 12.8 Å². The number of esters is 2. The van der Waals surface area contributed by atoms with Crippen molar-refractivity contribution in [3.8, 4) is 0 Å². The third-order valence-corrected chi connectivity index (χ3v) is 8.68. The van der Waals surface area contributed by atoms with Gasteiger partial charge in [0.2, 0.25) is 0 Å². The fourth-order valence-corrected chi connectivity index (χ4v) is 5.44. The Morgan fingerprint density at radius 2 is 1.05 bits per heavy atom. The smallest absolute Gasteiger partial charge is 0.462 e. The van der Waals surface area contributed by atoms with Gasteiger partial charge in [-0.15, -0.1) is 0 Å². The monoisotopic (exact) mass is 784 g/mol. The highest BCUT2D eigenvalue weighted by Crippen LogP contribution is 2.36. The highest BCUT2D eigenvalue weighted by atomic mass is 31.2. The number of epoxide rings is 1. The summed E-state index contributed by atoms with van der Waals surface area (Å²) in [5, 5.41) is 0. The Kier molecular flexibility index (Phi) is 31.7. The zero-order valence-corrected chi connectivity index (χ0v) is 34.4. The Morgan fingerprint density at radius 1 is 0.582 bits per heavy atom. The number of ether oxygens (including phenoxy) is 3. The first-order valence-electron chi connectivity index (χ1n) is 20.3. The summed E-state index contributed by atoms with van der Waals surface area (Å²) in [7, 11) is -4.80. The number of phosphoric ester groups is 1. The molecule has 0 aromatic rings. The minimum Gasteiger partial charge on any atom is -0.462 e. The molecule has 0 spiro atoms. The third-order valence-electron chi connectivity index (χ3n) is 8.19. The van der Waals surface area contributed by atoms with Crippen molar-refractivity contribution >= 4 is 19.8 Å². The van der Waals surface area contributed by atoms with Crippen LogP contribution < -0.4 is 0 Å². The van der Waals surface area contributed by atoms with Crippen molar-refractivity contribution in [2.24, 2.45) is 0 Å². The zero-order chi connectivity index (χ0) is 40.1. The summed E-state index contributed by atoms with van der Waals surface area (Å²) in [6.45, 7) is 3.40. The number of phosphoric acid groups is 1. The number of unbranched alkanes of at least 4 members (excludes halogenated alkanes) is 4. The van der Waals surface area contributed by atoms with Crippen LogP contribution in [0.2, 0.25) is 0 Å². The number of rotatable bonds is 34. The molecule has 0 radical (unpaired) electrons. The van der Waals surface area contributed by atoms with Crippen molar-refractivity contribution < 1.29 is 42.7 Å². The molecule has 1 saturated heterocycles. The van der Waals surface area contributed by atoms with E-state index in [-0.39, 0.29) is 19.4 Å². The van der Waals surface area contributed by atoms with E-state index in [4.69, 9.17) is 24.0 Å². The van der Waals surface area contributed by atoms with Crippen LogP contribution in [0.15, 0.2) is 109 Å². The minimum atomic E-state index is -4.80. The van der Waals surface area contributed by atoms with Gasteiger partial charge in [-0.2, -0.15) is 0 Å². The minimum absolute atomic E-state index is 0.111. The van der Waals surface area contributed by atoms with Crippen LogP contribution >= 0.6 is 7.82 Å². The molecule has 0 bridgehead atoms. The summed E-state index contributed by atoms with van der Waals surface area (Å²) >= 11 is 0. The normalized spacial score (nSPS) is 17.3. The number of allylic oxidation sites excluding steroid dienone is 16. The van der Waals surface area contributed by atoms with Crippen molar-refractivity contribution in [3.05, 3.63) is 109 Å². The summed E-state index contributed by atoms with van der Waals surface area (Å²) < 4.78 is 31.9. The van der Waals surface area contributed by atoms with E-state index in [1.807, 2.05) is 24.3 Å². The molecule has 3 atom stereocenters. The predicted molar refractivity (Wildman–Crippen MR) is 224 cm³/mol. The van der Waals surface area contributed by atoms with Crippen molar-refractivity contribution in [2.75, 3.05) is 13.2 Å². The lowest BCUT2D eigenvalue weighted by Crippen LogP contribution is -2.29. The molecule has 1 heterocycles. The molecule has 1 fully saturated rings. The third kappa shape index (κ3) is 34.9. The van der Waals surface area contributed by atoms with Gasteiger partial charge >= 0.3 is 19.8 Å². The summed E-state index contributed by atoms with van der Waals surface area (Å²) in [5.41, 5.74) is 0. The first kappa shape index (κ1) is 49.7. The average molecular weight is 785 g/mol. The number of hydrogen-bond donors (Lipinski definition) is 2. The first-order chi connectivity index (χ1) is 26.7. The maximum absolute atomic E-state index is 12.4. The maximum Gasteiger partial charge on any atom is 0.469 e. The number of carbonyl (C=O) groups is 2. The highest BCUT2D eigenvalue weighted by Gasteiger charge is 2.35. The molecule has 1 aliphatic heterocycles. The molecule has 1 rings (SSSR count). The molecule has 2 N–H and O–H groups in total. The Balaban J connectivity index is 2.18. The predicted octanol–water partition coefficient (Wildman–Crippen LogP) is 11.4. The van der Waals surface area contributed by atoms with Crippen molar-refractivity contribution in [1.82, 2.24) is 0 Å². The van der Waals surface area contributed by atoms with Crippen LogP contribution in [-0.2, 0) is 32.9 Å². The Labute approximate surface area is 331 Å². The molecule has 1 aliphatic rings. The topological polar surface area (TPSA) is 132 Å². The molecule has 0 amide bonds. The van der Waals surface area contributed by atoms with Crippen LogP contribution in [0.3, 0.4) is 0 Å². The molecule has 10 heteroatoms. The molecule has 0 aliphatic carbocycles. The second-order valence-corrected chi connectivity index (χ2v) is 14.5. The quantitative estimate of drug-likeness (QED) is 0.0215. The van der Waals surface area contributed by atoms with E-state index >= 15 is 0 Å². The molecule has 0 aromatic heterocycles. The lowest BCUT2D eigenvalue weighted by atomic mass is 10.1. The molecule has 2 unspecified atom stereocenters. The molecular weight excluding hydrogens is 715 g/mol. The molecule has 0 aromatic carbocycles. The summed E-state index contributed by atoms with van der Waals surface area (Å²) in [6.07, 6.45) is 52.9.